The summed E-state index contributed by atoms with van der Waals surface area (Å²) in [5.41, 5.74) is -0.619. The van der Waals surface area contributed by atoms with E-state index in [2.05, 4.69) is 15.3 Å². The van der Waals surface area contributed by atoms with Crippen LogP contribution in [0.1, 0.15) is 69.9 Å². The standard InChI is InChI=1S/C30H38F4N4O4/c1-19(3-10-25(40)41)20(2)24(39)15-29(11-13-42-14-12-29)17-35-27-26(31)28(37-18-36-27)38(23-8-9-23)16-21-4-6-22(7-5-21)30(32,33)34/h4-7,18-20,23H,3,8-17H2,1-2H3,(H,40,41)(H,35,36,37). The molecule has 2 unspecified atom stereocenters. The molecule has 42 heavy (non-hydrogen) atoms. The summed E-state index contributed by atoms with van der Waals surface area (Å²) in [6.45, 7) is 5.14. The third-order valence-electron chi connectivity index (χ3n) is 8.57. The van der Waals surface area contributed by atoms with Gasteiger partial charge in [-0.2, -0.15) is 17.6 Å². The molecule has 1 aromatic carbocycles. The summed E-state index contributed by atoms with van der Waals surface area (Å²) >= 11 is 0. The Morgan fingerprint density at radius 3 is 2.40 bits per heavy atom. The van der Waals surface area contributed by atoms with Crippen molar-refractivity contribution in [2.75, 3.05) is 30.0 Å². The lowest BCUT2D eigenvalue weighted by Gasteiger charge is -2.38. The largest absolute Gasteiger partial charge is 0.481 e. The minimum atomic E-state index is -4.43. The molecule has 1 saturated carbocycles. The van der Waals surface area contributed by atoms with Crippen molar-refractivity contribution >= 4 is 23.4 Å². The summed E-state index contributed by atoms with van der Waals surface area (Å²) in [5.74, 6) is -1.83. The molecule has 2 heterocycles. The number of halogens is 4. The van der Waals surface area contributed by atoms with Crippen LogP contribution in [0.5, 0.6) is 0 Å². The monoisotopic (exact) mass is 594 g/mol. The molecule has 1 aliphatic carbocycles. The quantitative estimate of drug-likeness (QED) is 0.253. The average molecular weight is 595 g/mol. The highest BCUT2D eigenvalue weighted by Crippen LogP contribution is 2.39. The molecule has 0 radical (unpaired) electrons. The van der Waals surface area contributed by atoms with Crippen LogP contribution in [0.25, 0.3) is 0 Å². The molecular formula is C30H38F4N4O4. The summed E-state index contributed by atoms with van der Waals surface area (Å²) in [5, 5.41) is 12.1. The fourth-order valence-electron chi connectivity index (χ4n) is 5.38. The highest BCUT2D eigenvalue weighted by molar-refractivity contribution is 5.81. The second-order valence-corrected chi connectivity index (χ2v) is 11.7. The number of ether oxygens (including phenoxy) is 1. The number of carbonyl (C=O) groups is 2. The fraction of sp³-hybridized carbons (Fsp3) is 0.600. The zero-order valence-corrected chi connectivity index (χ0v) is 23.9. The van der Waals surface area contributed by atoms with Gasteiger partial charge in [-0.1, -0.05) is 26.0 Å². The summed E-state index contributed by atoms with van der Waals surface area (Å²) in [6, 6.07) is 4.85. The van der Waals surface area contributed by atoms with Crippen LogP contribution < -0.4 is 10.2 Å². The van der Waals surface area contributed by atoms with Crippen LogP contribution >= 0.6 is 0 Å². The molecule has 2 atom stereocenters. The third-order valence-corrected chi connectivity index (χ3v) is 8.57. The number of Topliss-reactive ketones (excluding diaryl/α,β-unsaturated/α-hetero) is 1. The Kier molecular flexibility index (Phi) is 10.1. The molecule has 12 heteroatoms. The molecular weight excluding hydrogens is 556 g/mol. The molecule has 0 amide bonds. The Labute approximate surface area is 242 Å². The van der Waals surface area contributed by atoms with Gasteiger partial charge < -0.3 is 20.1 Å². The molecule has 230 valence electrons. The van der Waals surface area contributed by atoms with Gasteiger partial charge in [0, 0.05) is 51.1 Å². The van der Waals surface area contributed by atoms with Crippen LogP contribution in [0.2, 0.25) is 0 Å². The second kappa shape index (κ2) is 13.4. The van der Waals surface area contributed by atoms with Crippen LogP contribution in [-0.2, 0) is 27.0 Å². The lowest BCUT2D eigenvalue weighted by atomic mass is 9.73. The first-order chi connectivity index (χ1) is 19.9. The van der Waals surface area contributed by atoms with E-state index in [1.165, 1.54) is 18.5 Å². The first kappa shape index (κ1) is 31.7. The second-order valence-electron chi connectivity index (χ2n) is 11.7. The number of aliphatic carboxylic acids is 1. The van der Waals surface area contributed by atoms with E-state index in [9.17, 15) is 22.8 Å². The van der Waals surface area contributed by atoms with Gasteiger partial charge in [-0.15, -0.1) is 0 Å². The highest BCUT2D eigenvalue weighted by atomic mass is 19.4. The number of carboxylic acids is 1. The van der Waals surface area contributed by atoms with Crippen molar-refractivity contribution in [3.63, 3.8) is 0 Å². The highest BCUT2D eigenvalue weighted by Gasteiger charge is 2.38. The van der Waals surface area contributed by atoms with E-state index in [-0.39, 0.29) is 61.2 Å². The minimum Gasteiger partial charge on any atom is -0.481 e. The molecule has 2 aliphatic rings. The van der Waals surface area contributed by atoms with Gasteiger partial charge in [0.05, 0.1) is 5.56 Å². The number of alkyl halides is 3. The van der Waals surface area contributed by atoms with E-state index in [1.54, 1.807) is 4.90 Å². The molecule has 2 fully saturated rings. The molecule has 4 rings (SSSR count). The van der Waals surface area contributed by atoms with E-state index >= 15 is 4.39 Å². The zero-order valence-electron chi connectivity index (χ0n) is 23.9. The maximum Gasteiger partial charge on any atom is 0.416 e. The van der Waals surface area contributed by atoms with Crippen molar-refractivity contribution in [3.05, 3.63) is 47.5 Å². The number of hydrogen-bond acceptors (Lipinski definition) is 7. The van der Waals surface area contributed by atoms with Crippen LogP contribution in [0.3, 0.4) is 0 Å². The number of nitrogens with zero attached hydrogens (tertiary/aromatic N) is 3. The Hall–Kier alpha value is -3.28. The zero-order chi connectivity index (χ0) is 30.5. The minimum absolute atomic E-state index is 0.000685. The van der Waals surface area contributed by atoms with Gasteiger partial charge in [0.25, 0.3) is 0 Å². The molecule has 1 aromatic heterocycles. The SMILES string of the molecule is CC(CCC(=O)O)C(C)C(=O)CC1(CNc2ncnc(N(Cc3ccc(C(F)(F)F)cc3)C3CC3)c2F)CCOCC1. The van der Waals surface area contributed by atoms with Gasteiger partial charge in [0.1, 0.15) is 12.1 Å². The van der Waals surface area contributed by atoms with E-state index in [1.807, 2.05) is 13.8 Å². The first-order valence-electron chi connectivity index (χ1n) is 14.4. The van der Waals surface area contributed by atoms with Crippen molar-refractivity contribution in [1.82, 2.24) is 9.97 Å². The lowest BCUT2D eigenvalue weighted by Crippen LogP contribution is -2.40. The predicted molar refractivity (Wildman–Crippen MR) is 148 cm³/mol. The Morgan fingerprint density at radius 2 is 1.81 bits per heavy atom. The van der Waals surface area contributed by atoms with Gasteiger partial charge in [0.2, 0.25) is 5.82 Å². The summed E-state index contributed by atoms with van der Waals surface area (Å²) in [4.78, 5) is 34.3. The van der Waals surface area contributed by atoms with Crippen LogP contribution in [-0.4, -0.2) is 52.6 Å². The molecule has 2 N–H and O–H groups in total. The Bertz CT molecular complexity index is 1230. The number of rotatable bonds is 14. The topological polar surface area (TPSA) is 105 Å². The van der Waals surface area contributed by atoms with Crippen molar-refractivity contribution in [2.45, 2.75) is 77.6 Å². The van der Waals surface area contributed by atoms with Crippen LogP contribution in [0, 0.1) is 23.1 Å². The van der Waals surface area contributed by atoms with Gasteiger partial charge in [-0.25, -0.2) is 9.97 Å². The summed E-state index contributed by atoms with van der Waals surface area (Å²) in [6.07, 6.45) is 0.341. The van der Waals surface area contributed by atoms with Gasteiger partial charge >= 0.3 is 12.1 Å². The maximum atomic E-state index is 15.8. The number of hydrogen-bond donors (Lipinski definition) is 2. The lowest BCUT2D eigenvalue weighted by molar-refractivity contribution is -0.138. The number of carboxylic acid groups (broad SMARTS) is 1. The summed E-state index contributed by atoms with van der Waals surface area (Å²) < 4.78 is 60.4. The fourth-order valence-corrected chi connectivity index (χ4v) is 5.38. The third kappa shape index (κ3) is 8.17. The van der Waals surface area contributed by atoms with E-state index in [0.717, 1.165) is 25.0 Å². The number of benzene rings is 1. The number of carbonyl (C=O) groups excluding carboxylic acids is 1. The van der Waals surface area contributed by atoms with Crippen LogP contribution in [0.15, 0.2) is 30.6 Å². The Balaban J connectivity index is 1.47. The van der Waals surface area contributed by atoms with Crippen LogP contribution in [0.4, 0.5) is 29.2 Å². The van der Waals surface area contributed by atoms with E-state index in [0.29, 0.717) is 38.0 Å². The van der Waals surface area contributed by atoms with Crippen molar-refractivity contribution in [2.24, 2.45) is 17.3 Å². The summed E-state index contributed by atoms with van der Waals surface area (Å²) in [7, 11) is 0. The van der Waals surface area contributed by atoms with Crippen molar-refractivity contribution < 1.29 is 37.0 Å². The molecule has 1 aliphatic heterocycles. The number of anilines is 2. The first-order valence-corrected chi connectivity index (χ1v) is 14.4. The Morgan fingerprint density at radius 1 is 1.14 bits per heavy atom. The molecule has 2 aromatic rings. The molecule has 0 bridgehead atoms. The molecule has 8 nitrogen and oxygen atoms in total. The molecule has 0 spiro atoms. The molecule has 1 saturated heterocycles. The van der Waals surface area contributed by atoms with Crippen molar-refractivity contribution in [3.8, 4) is 0 Å². The van der Waals surface area contributed by atoms with Gasteiger partial charge in [0.15, 0.2) is 11.6 Å². The van der Waals surface area contributed by atoms with Gasteiger partial charge in [-0.05, 0) is 61.1 Å². The number of ketones is 1. The average Bonchev–Trinajstić information content (AvgIpc) is 3.80. The predicted octanol–water partition coefficient (Wildman–Crippen LogP) is 6.11. The maximum absolute atomic E-state index is 15.8. The van der Waals surface area contributed by atoms with E-state index < -0.39 is 28.9 Å². The van der Waals surface area contributed by atoms with Gasteiger partial charge in [-0.3, -0.25) is 9.59 Å². The van der Waals surface area contributed by atoms with Crippen molar-refractivity contribution in [1.29, 1.82) is 0 Å². The number of nitrogens with one attached hydrogen (secondary N) is 1. The van der Waals surface area contributed by atoms with E-state index in [4.69, 9.17) is 9.84 Å². The number of aromatic nitrogens is 2. The smallest absolute Gasteiger partial charge is 0.416 e. The normalized spacial score (nSPS) is 18.2.